The summed E-state index contributed by atoms with van der Waals surface area (Å²) in [6, 6.07) is 11.6. The number of ether oxygens (including phenoxy) is 1. The zero-order valence-corrected chi connectivity index (χ0v) is 14.2. The van der Waals surface area contributed by atoms with Crippen LogP contribution in [-0.4, -0.2) is 15.6 Å². The van der Waals surface area contributed by atoms with Gasteiger partial charge in [-0.3, -0.25) is 0 Å². The Balaban J connectivity index is 1.59. The molecule has 0 bridgehead atoms. The molecule has 3 rings (SSSR count). The first-order chi connectivity index (χ1) is 11.2. The van der Waals surface area contributed by atoms with Gasteiger partial charge in [0.2, 0.25) is 0 Å². The lowest BCUT2D eigenvalue weighted by Gasteiger charge is -1.97. The first-order valence-electron chi connectivity index (χ1n) is 6.67. The molecule has 4 nitrogen and oxygen atoms in total. The molecule has 0 spiro atoms. The van der Waals surface area contributed by atoms with Gasteiger partial charge in [-0.2, -0.15) is 0 Å². The average molecular weight is 363 g/mol. The number of carbonyl (C=O) groups excluding carboxylic acids is 1. The monoisotopic (exact) mass is 362 g/mol. The van der Waals surface area contributed by atoms with Gasteiger partial charge in [0.05, 0.1) is 0 Å². The molecule has 0 aliphatic heterocycles. The van der Waals surface area contributed by atoms with Crippen molar-refractivity contribution in [3.63, 3.8) is 0 Å². The fraction of sp³-hybridized carbons (Fsp3) is 0.0625. The average Bonchev–Trinajstić information content (AvgIpc) is 3.23. The van der Waals surface area contributed by atoms with Crippen molar-refractivity contribution in [2.45, 2.75) is 6.61 Å². The second-order valence-corrected chi connectivity index (χ2v) is 6.71. The highest BCUT2D eigenvalue weighted by atomic mass is 35.5. The number of hydrogen-bond donors (Lipinski definition) is 0. The standard InChI is InChI=1S/C16H11ClN2O2S2/c17-12-3-1-11(2-4-12)15-7-5-14(23-15)6-8-16(20)21-9-13-10-22-19-18-13/h1-8,10H,9H2. The number of nitrogens with zero attached hydrogens (tertiary/aromatic N) is 2. The van der Waals surface area contributed by atoms with Gasteiger partial charge in [0.1, 0.15) is 12.3 Å². The summed E-state index contributed by atoms with van der Waals surface area (Å²) in [5.41, 5.74) is 1.75. The summed E-state index contributed by atoms with van der Waals surface area (Å²) in [5, 5.41) is 6.27. The number of aromatic nitrogens is 2. The van der Waals surface area contributed by atoms with E-state index in [1.54, 1.807) is 22.8 Å². The maximum absolute atomic E-state index is 11.7. The SMILES string of the molecule is O=C(C=Cc1ccc(-c2ccc(Cl)cc2)s1)OCc1csnn1. The maximum Gasteiger partial charge on any atom is 0.331 e. The highest BCUT2D eigenvalue weighted by molar-refractivity contribution is 7.16. The van der Waals surface area contributed by atoms with Crippen molar-refractivity contribution in [3.8, 4) is 10.4 Å². The Morgan fingerprint density at radius 3 is 2.78 bits per heavy atom. The lowest BCUT2D eigenvalue weighted by atomic mass is 10.2. The van der Waals surface area contributed by atoms with Gasteiger partial charge in [-0.1, -0.05) is 28.2 Å². The largest absolute Gasteiger partial charge is 0.456 e. The Labute approximate surface area is 146 Å². The van der Waals surface area contributed by atoms with Crippen LogP contribution in [0.15, 0.2) is 47.9 Å². The van der Waals surface area contributed by atoms with Crippen LogP contribution >= 0.6 is 34.5 Å². The number of thiophene rings is 1. The topological polar surface area (TPSA) is 52.1 Å². The van der Waals surface area contributed by atoms with Crippen LogP contribution < -0.4 is 0 Å². The number of halogens is 1. The molecular formula is C16H11ClN2O2S2. The maximum atomic E-state index is 11.7. The van der Waals surface area contributed by atoms with Crippen molar-refractivity contribution in [3.05, 3.63) is 63.4 Å². The molecule has 0 saturated heterocycles. The highest BCUT2D eigenvalue weighted by Gasteiger charge is 2.03. The Bertz CT molecular complexity index is 811. The van der Waals surface area contributed by atoms with E-state index in [4.69, 9.17) is 16.3 Å². The molecular weight excluding hydrogens is 352 g/mol. The van der Waals surface area contributed by atoms with Gasteiger partial charge in [-0.05, 0) is 47.4 Å². The van der Waals surface area contributed by atoms with Crippen molar-refractivity contribution in [1.29, 1.82) is 0 Å². The van der Waals surface area contributed by atoms with E-state index in [0.29, 0.717) is 10.7 Å². The second kappa shape index (κ2) is 7.50. The van der Waals surface area contributed by atoms with Crippen molar-refractivity contribution in [2.75, 3.05) is 0 Å². The molecule has 0 unspecified atom stereocenters. The number of esters is 1. The smallest absolute Gasteiger partial charge is 0.331 e. The van der Waals surface area contributed by atoms with E-state index in [1.807, 2.05) is 36.4 Å². The molecule has 0 amide bonds. The molecule has 0 atom stereocenters. The van der Waals surface area contributed by atoms with E-state index in [0.717, 1.165) is 15.3 Å². The fourth-order valence-electron chi connectivity index (χ4n) is 1.80. The lowest BCUT2D eigenvalue weighted by Crippen LogP contribution is -2.00. The summed E-state index contributed by atoms with van der Waals surface area (Å²) in [6.45, 7) is 0.139. The van der Waals surface area contributed by atoms with Gasteiger partial charge in [0.15, 0.2) is 0 Å². The molecule has 0 radical (unpaired) electrons. The van der Waals surface area contributed by atoms with Crippen molar-refractivity contribution >= 4 is 46.5 Å². The van der Waals surface area contributed by atoms with Crippen molar-refractivity contribution in [1.82, 2.24) is 9.59 Å². The van der Waals surface area contributed by atoms with Gasteiger partial charge in [-0.15, -0.1) is 16.4 Å². The summed E-state index contributed by atoms with van der Waals surface area (Å²) in [7, 11) is 0. The quantitative estimate of drug-likeness (QED) is 0.488. The van der Waals surface area contributed by atoms with Crippen molar-refractivity contribution in [2.24, 2.45) is 0 Å². The molecule has 7 heteroatoms. The zero-order chi connectivity index (χ0) is 16.1. The summed E-state index contributed by atoms with van der Waals surface area (Å²) in [4.78, 5) is 13.8. The van der Waals surface area contributed by atoms with Gasteiger partial charge in [-0.25, -0.2) is 4.79 Å². The molecule has 2 aromatic heterocycles. The third-order valence-corrected chi connectivity index (χ3v) is 4.81. The molecule has 0 N–H and O–H groups in total. The van der Waals surface area contributed by atoms with Crippen LogP contribution in [0, 0.1) is 0 Å². The van der Waals surface area contributed by atoms with E-state index >= 15 is 0 Å². The van der Waals surface area contributed by atoms with Crippen LogP contribution in [0.4, 0.5) is 0 Å². The predicted molar refractivity (Wildman–Crippen MR) is 93.5 cm³/mol. The first kappa shape index (κ1) is 15.9. The molecule has 0 saturated carbocycles. The number of benzene rings is 1. The number of carbonyl (C=O) groups is 1. The predicted octanol–water partition coefficient (Wildman–Crippen LogP) is 4.68. The third-order valence-electron chi connectivity index (χ3n) is 2.91. The summed E-state index contributed by atoms with van der Waals surface area (Å²) >= 11 is 8.71. The number of rotatable bonds is 5. The lowest BCUT2D eigenvalue weighted by molar-refractivity contribution is -0.139. The molecule has 23 heavy (non-hydrogen) atoms. The van der Waals surface area contributed by atoms with E-state index in [-0.39, 0.29) is 6.61 Å². The normalized spacial score (nSPS) is 11.0. The molecule has 0 aliphatic rings. The van der Waals surface area contributed by atoms with Gasteiger partial charge >= 0.3 is 5.97 Å². The summed E-state index contributed by atoms with van der Waals surface area (Å²) in [5.74, 6) is -0.403. The second-order valence-electron chi connectivity index (χ2n) is 4.55. The summed E-state index contributed by atoms with van der Waals surface area (Å²) in [6.07, 6.45) is 3.16. The zero-order valence-electron chi connectivity index (χ0n) is 11.8. The van der Waals surface area contributed by atoms with E-state index in [9.17, 15) is 4.79 Å². The van der Waals surface area contributed by atoms with Crippen LogP contribution in [0.3, 0.4) is 0 Å². The van der Waals surface area contributed by atoms with Gasteiger partial charge < -0.3 is 4.74 Å². The van der Waals surface area contributed by atoms with Gasteiger partial charge in [0.25, 0.3) is 0 Å². The minimum atomic E-state index is -0.403. The van der Waals surface area contributed by atoms with Gasteiger partial charge in [0, 0.05) is 26.2 Å². The van der Waals surface area contributed by atoms with Crippen molar-refractivity contribution < 1.29 is 9.53 Å². The molecule has 3 aromatic rings. The Kier molecular flexibility index (Phi) is 5.17. The highest BCUT2D eigenvalue weighted by Crippen LogP contribution is 2.29. The molecule has 1 aromatic carbocycles. The van der Waals surface area contributed by atoms with Crippen LogP contribution in [0.2, 0.25) is 5.02 Å². The molecule has 116 valence electrons. The Hall–Kier alpha value is -2.02. The third kappa shape index (κ3) is 4.48. The fourth-order valence-corrected chi connectivity index (χ4v) is 3.28. The van der Waals surface area contributed by atoms with E-state index < -0.39 is 5.97 Å². The number of hydrogen-bond acceptors (Lipinski definition) is 6. The minimum Gasteiger partial charge on any atom is -0.456 e. The van der Waals surface area contributed by atoms with E-state index in [2.05, 4.69) is 9.59 Å². The van der Waals surface area contributed by atoms with Crippen LogP contribution in [-0.2, 0) is 16.1 Å². The summed E-state index contributed by atoms with van der Waals surface area (Å²) < 4.78 is 8.79. The molecule has 0 aliphatic carbocycles. The Morgan fingerprint density at radius 2 is 2.04 bits per heavy atom. The first-order valence-corrected chi connectivity index (χ1v) is 8.70. The van der Waals surface area contributed by atoms with Crippen LogP contribution in [0.5, 0.6) is 0 Å². The van der Waals surface area contributed by atoms with Crippen LogP contribution in [0.25, 0.3) is 16.5 Å². The minimum absolute atomic E-state index is 0.139. The van der Waals surface area contributed by atoms with Crippen LogP contribution in [0.1, 0.15) is 10.6 Å². The molecule has 2 heterocycles. The Morgan fingerprint density at radius 1 is 1.22 bits per heavy atom. The van der Waals surface area contributed by atoms with E-state index in [1.165, 1.54) is 17.6 Å². The molecule has 0 fully saturated rings.